The number of allylic oxidation sites excluding steroid dienone is 1. The van der Waals surface area contributed by atoms with Gasteiger partial charge in [-0.3, -0.25) is 4.79 Å². The molecular weight excluding hydrogens is 313 g/mol. The van der Waals surface area contributed by atoms with Crippen LogP contribution in [0.4, 0.5) is 5.69 Å². The number of carbonyl (C=O) groups excluding carboxylic acids is 1. The van der Waals surface area contributed by atoms with Crippen LogP contribution in [0.15, 0.2) is 34.8 Å². The van der Waals surface area contributed by atoms with Gasteiger partial charge < -0.3 is 10.4 Å². The van der Waals surface area contributed by atoms with E-state index in [0.29, 0.717) is 0 Å². The van der Waals surface area contributed by atoms with Crippen molar-refractivity contribution in [3.63, 3.8) is 0 Å². The minimum Gasteiger partial charge on any atom is -0.478 e. The number of para-hydroxylation sites is 1. The number of rotatable bonds is 4. The molecule has 0 radical (unpaired) electrons. The monoisotopic (exact) mass is 327 g/mol. The van der Waals surface area contributed by atoms with Crippen LogP contribution >= 0.6 is 23.2 Å². The lowest BCUT2D eigenvalue weighted by Crippen LogP contribution is -2.18. The van der Waals surface area contributed by atoms with Crippen LogP contribution in [0.2, 0.25) is 0 Å². The van der Waals surface area contributed by atoms with E-state index in [9.17, 15) is 9.59 Å². The Hall–Kier alpha value is -1.52. The molecule has 21 heavy (non-hydrogen) atoms. The molecule has 0 aliphatic heterocycles. The molecule has 0 heterocycles. The third-order valence-corrected chi connectivity index (χ3v) is 4.17. The molecule has 2 rings (SSSR count). The SMILES string of the molecule is CC1(C)[C@H](C(=O)Nc2ccccc2C(=O)O)[C@@H]1C=C(Cl)Cl. The Labute approximate surface area is 132 Å². The number of aromatic carboxylic acids is 1. The summed E-state index contributed by atoms with van der Waals surface area (Å²) in [7, 11) is 0. The second kappa shape index (κ2) is 5.70. The lowest BCUT2D eigenvalue weighted by molar-refractivity contribution is -0.118. The molecule has 0 aromatic heterocycles. The molecule has 0 spiro atoms. The molecule has 0 bridgehead atoms. The molecule has 1 saturated carbocycles. The lowest BCUT2D eigenvalue weighted by atomic mass is 10.1. The number of hydrogen-bond donors (Lipinski definition) is 2. The van der Waals surface area contributed by atoms with Crippen LogP contribution in [0.5, 0.6) is 0 Å². The molecule has 2 atom stereocenters. The molecule has 1 aromatic carbocycles. The van der Waals surface area contributed by atoms with E-state index in [1.165, 1.54) is 6.07 Å². The molecule has 4 nitrogen and oxygen atoms in total. The van der Waals surface area contributed by atoms with Gasteiger partial charge in [0.15, 0.2) is 0 Å². The van der Waals surface area contributed by atoms with Crippen LogP contribution in [-0.2, 0) is 4.79 Å². The van der Waals surface area contributed by atoms with E-state index in [2.05, 4.69) is 5.32 Å². The maximum atomic E-state index is 12.3. The van der Waals surface area contributed by atoms with Crippen molar-refractivity contribution in [2.75, 3.05) is 5.32 Å². The molecule has 2 N–H and O–H groups in total. The molecular formula is C15H15Cl2NO3. The number of benzene rings is 1. The fraction of sp³-hybridized carbons (Fsp3) is 0.333. The van der Waals surface area contributed by atoms with E-state index in [1.54, 1.807) is 24.3 Å². The van der Waals surface area contributed by atoms with Gasteiger partial charge >= 0.3 is 5.97 Å². The standard InChI is InChI=1S/C15H15Cl2NO3/c1-15(2)9(7-11(16)17)12(15)13(19)18-10-6-4-3-5-8(10)14(20)21/h3-7,9,12H,1-2H3,(H,18,19)(H,20,21)/t9-,12-/m0/s1. The summed E-state index contributed by atoms with van der Waals surface area (Å²) >= 11 is 11.3. The quantitative estimate of drug-likeness (QED) is 0.880. The number of anilines is 1. The molecule has 1 aromatic rings. The third-order valence-electron chi connectivity index (χ3n) is 3.91. The van der Waals surface area contributed by atoms with E-state index in [4.69, 9.17) is 28.3 Å². The third kappa shape index (κ3) is 3.22. The second-order valence-corrected chi connectivity index (χ2v) is 6.63. The van der Waals surface area contributed by atoms with Gasteiger partial charge in [0, 0.05) is 0 Å². The van der Waals surface area contributed by atoms with Crippen molar-refractivity contribution in [2.45, 2.75) is 13.8 Å². The number of carbonyl (C=O) groups is 2. The Bertz CT molecular complexity index is 621. The highest BCUT2D eigenvalue weighted by atomic mass is 35.5. The molecule has 1 amide bonds. The van der Waals surface area contributed by atoms with E-state index in [-0.39, 0.29) is 38.9 Å². The summed E-state index contributed by atoms with van der Waals surface area (Å²) < 4.78 is 0.134. The summed E-state index contributed by atoms with van der Waals surface area (Å²) in [6, 6.07) is 6.30. The van der Waals surface area contributed by atoms with Crippen LogP contribution in [0.1, 0.15) is 24.2 Å². The number of hydrogen-bond acceptors (Lipinski definition) is 2. The normalized spacial score (nSPS) is 22.3. The molecule has 112 valence electrons. The van der Waals surface area contributed by atoms with E-state index >= 15 is 0 Å². The van der Waals surface area contributed by atoms with E-state index in [0.717, 1.165) is 0 Å². The number of halogens is 2. The van der Waals surface area contributed by atoms with Gasteiger partial charge in [-0.15, -0.1) is 0 Å². The Morgan fingerprint density at radius 1 is 1.29 bits per heavy atom. The van der Waals surface area contributed by atoms with Gasteiger partial charge in [-0.05, 0) is 29.5 Å². The first-order chi connectivity index (χ1) is 9.75. The highest BCUT2D eigenvalue weighted by molar-refractivity contribution is 6.55. The summed E-state index contributed by atoms with van der Waals surface area (Å²) in [5.41, 5.74) is 0.0984. The van der Waals surface area contributed by atoms with Gasteiger partial charge in [0.25, 0.3) is 0 Å². The zero-order valence-electron chi connectivity index (χ0n) is 11.6. The summed E-state index contributed by atoms with van der Waals surface area (Å²) in [4.78, 5) is 23.5. The van der Waals surface area contributed by atoms with Crippen LogP contribution in [-0.4, -0.2) is 17.0 Å². The van der Waals surface area contributed by atoms with Crippen LogP contribution in [0, 0.1) is 17.3 Å². The van der Waals surface area contributed by atoms with Gasteiger partial charge in [-0.25, -0.2) is 4.79 Å². The van der Waals surface area contributed by atoms with Gasteiger partial charge in [-0.2, -0.15) is 0 Å². The predicted molar refractivity (Wildman–Crippen MR) is 82.6 cm³/mol. The smallest absolute Gasteiger partial charge is 0.337 e. The zero-order chi connectivity index (χ0) is 15.8. The Morgan fingerprint density at radius 2 is 1.90 bits per heavy atom. The zero-order valence-corrected chi connectivity index (χ0v) is 13.1. The summed E-state index contributed by atoms with van der Waals surface area (Å²) in [6.45, 7) is 3.89. The predicted octanol–water partition coefficient (Wildman–Crippen LogP) is 3.91. The average molecular weight is 328 g/mol. The van der Waals surface area contributed by atoms with Gasteiger partial charge in [0.2, 0.25) is 5.91 Å². The molecule has 0 unspecified atom stereocenters. The van der Waals surface area contributed by atoms with Crippen molar-refractivity contribution in [1.29, 1.82) is 0 Å². The van der Waals surface area contributed by atoms with Crippen molar-refractivity contribution >= 4 is 40.8 Å². The molecule has 1 aliphatic rings. The summed E-state index contributed by atoms with van der Waals surface area (Å²) in [5, 5.41) is 11.8. The number of carboxylic acids is 1. The minimum absolute atomic E-state index is 0.0560. The molecule has 1 fully saturated rings. The van der Waals surface area contributed by atoms with Crippen molar-refractivity contribution in [2.24, 2.45) is 17.3 Å². The van der Waals surface area contributed by atoms with Crippen molar-refractivity contribution in [1.82, 2.24) is 0 Å². The Balaban J connectivity index is 2.17. The first-order valence-electron chi connectivity index (χ1n) is 6.41. The summed E-state index contributed by atoms with van der Waals surface area (Å²) in [5.74, 6) is -1.66. The topological polar surface area (TPSA) is 66.4 Å². The largest absolute Gasteiger partial charge is 0.478 e. The highest BCUT2D eigenvalue weighted by Gasteiger charge is 2.60. The van der Waals surface area contributed by atoms with E-state index < -0.39 is 5.97 Å². The number of nitrogens with one attached hydrogen (secondary N) is 1. The number of amides is 1. The lowest BCUT2D eigenvalue weighted by Gasteiger charge is -2.08. The highest BCUT2D eigenvalue weighted by Crippen LogP contribution is 2.60. The van der Waals surface area contributed by atoms with Crippen molar-refractivity contribution in [3.05, 3.63) is 40.4 Å². The Kier molecular flexibility index (Phi) is 4.30. The van der Waals surface area contributed by atoms with Crippen molar-refractivity contribution in [3.8, 4) is 0 Å². The fourth-order valence-corrected chi connectivity index (χ4v) is 2.89. The minimum atomic E-state index is -1.08. The van der Waals surface area contributed by atoms with Gasteiger partial charge in [-0.1, -0.05) is 49.2 Å². The summed E-state index contributed by atoms with van der Waals surface area (Å²) in [6.07, 6.45) is 1.65. The second-order valence-electron chi connectivity index (χ2n) is 5.62. The maximum Gasteiger partial charge on any atom is 0.337 e. The van der Waals surface area contributed by atoms with Crippen LogP contribution in [0.3, 0.4) is 0 Å². The molecule has 6 heteroatoms. The van der Waals surface area contributed by atoms with E-state index in [1.807, 2.05) is 13.8 Å². The maximum absolute atomic E-state index is 12.3. The number of carboxylic acid groups (broad SMARTS) is 1. The van der Waals surface area contributed by atoms with Gasteiger partial charge in [0.1, 0.15) is 4.49 Å². The van der Waals surface area contributed by atoms with Crippen LogP contribution < -0.4 is 5.32 Å². The van der Waals surface area contributed by atoms with Gasteiger partial charge in [0.05, 0.1) is 17.2 Å². The first-order valence-corrected chi connectivity index (χ1v) is 7.16. The first kappa shape index (κ1) is 15.9. The Morgan fingerprint density at radius 3 is 2.48 bits per heavy atom. The average Bonchev–Trinajstić information content (AvgIpc) is 2.90. The fourth-order valence-electron chi connectivity index (χ4n) is 2.61. The van der Waals surface area contributed by atoms with Crippen LogP contribution in [0.25, 0.3) is 0 Å². The molecule has 0 saturated heterocycles. The van der Waals surface area contributed by atoms with Crippen molar-refractivity contribution < 1.29 is 14.7 Å². The molecule has 1 aliphatic carbocycles.